The van der Waals surface area contributed by atoms with Gasteiger partial charge in [-0.3, -0.25) is 9.59 Å². The number of benzene rings is 3. The van der Waals surface area contributed by atoms with Crippen LogP contribution in [0.2, 0.25) is 0 Å². The number of nitrogens with one attached hydrogen (secondary N) is 2. The van der Waals surface area contributed by atoms with Crippen LogP contribution in [0.5, 0.6) is 0 Å². The van der Waals surface area contributed by atoms with Gasteiger partial charge in [0.05, 0.1) is 16.6 Å². The van der Waals surface area contributed by atoms with Gasteiger partial charge in [-0.05, 0) is 51.8 Å². The minimum absolute atomic E-state index is 0.0212. The van der Waals surface area contributed by atoms with Crippen molar-refractivity contribution >= 4 is 72.7 Å². The standard InChI is InChI=1S/C32H29N7O4S4/c1-19(20(2)44-31-35-37-38-36-31)27(30(42)43-18-22-13-7-4-8-14-22)39-28(41)26(34-25(40)17-21-11-5-3-6-12-21)29(39)46-47-32-33-23-15-9-10-16-24(23)45-32/h3-16,20,26-27,29H,1,17-18H2,2H3,(H,34,40)(H,35,36,37,38). The zero-order valence-electron chi connectivity index (χ0n) is 25.0. The number of esters is 1. The van der Waals surface area contributed by atoms with Crippen LogP contribution in [-0.4, -0.2) is 71.0 Å². The Morgan fingerprint density at radius 1 is 1.04 bits per heavy atom. The molecule has 0 saturated carbocycles. The molecule has 1 saturated heterocycles. The van der Waals surface area contributed by atoms with E-state index in [4.69, 9.17) is 9.72 Å². The van der Waals surface area contributed by atoms with Gasteiger partial charge < -0.3 is 15.0 Å². The second kappa shape index (κ2) is 15.2. The average molecular weight is 704 g/mol. The normalized spacial score (nSPS) is 17.1. The van der Waals surface area contributed by atoms with Crippen LogP contribution in [-0.2, 0) is 32.1 Å². The number of rotatable bonds is 14. The SMILES string of the molecule is C=C(C(C)Sc1nn[nH]n1)C(C(=O)OCc1ccccc1)N1C(=O)C(NC(=O)Cc2ccccc2)C1SSc1nc2ccccc2s1. The predicted molar refractivity (Wildman–Crippen MR) is 184 cm³/mol. The number of β-lactam (4-membered cyclic amide) rings is 1. The Labute approximate surface area is 286 Å². The molecular formula is C32H29N7O4S4. The van der Waals surface area contributed by atoms with Crippen LogP contribution in [0, 0.1) is 0 Å². The molecule has 0 bridgehead atoms. The largest absolute Gasteiger partial charge is 0.459 e. The summed E-state index contributed by atoms with van der Waals surface area (Å²) in [5, 5.41) is 16.3. The molecule has 2 N–H and O–H groups in total. The lowest BCUT2D eigenvalue weighted by atomic mass is 9.96. The highest BCUT2D eigenvalue weighted by Gasteiger charge is 2.55. The van der Waals surface area contributed by atoms with E-state index in [1.807, 2.05) is 91.9 Å². The molecule has 4 atom stereocenters. The van der Waals surface area contributed by atoms with Gasteiger partial charge in [-0.15, -0.1) is 21.5 Å². The summed E-state index contributed by atoms with van der Waals surface area (Å²) in [6, 6.07) is 24.4. The maximum atomic E-state index is 14.0. The number of thioether (sulfide) groups is 1. The van der Waals surface area contributed by atoms with Gasteiger partial charge in [0.15, 0.2) is 10.4 Å². The fraction of sp³-hybridized carbons (Fsp3) is 0.219. The summed E-state index contributed by atoms with van der Waals surface area (Å²) in [6.45, 7) is 6.13. The molecule has 11 nitrogen and oxygen atoms in total. The van der Waals surface area contributed by atoms with E-state index in [0.717, 1.165) is 25.7 Å². The first-order valence-electron chi connectivity index (χ1n) is 14.5. The topological polar surface area (TPSA) is 143 Å². The number of fused-ring (bicyclic) bond motifs is 1. The van der Waals surface area contributed by atoms with E-state index in [0.29, 0.717) is 10.7 Å². The molecule has 15 heteroatoms. The molecule has 1 aliphatic rings. The quantitative estimate of drug-likeness (QED) is 0.0512. The van der Waals surface area contributed by atoms with Gasteiger partial charge in [0.1, 0.15) is 18.0 Å². The van der Waals surface area contributed by atoms with E-state index in [1.54, 1.807) is 0 Å². The number of H-pyrrole nitrogens is 1. The third-order valence-electron chi connectivity index (χ3n) is 7.30. The van der Waals surface area contributed by atoms with Crippen molar-refractivity contribution in [1.29, 1.82) is 0 Å². The number of thiazole rings is 1. The second-order valence-corrected chi connectivity index (χ2v) is 15.4. The molecule has 5 aromatic rings. The number of aromatic amines is 1. The molecule has 3 aromatic carbocycles. The highest BCUT2D eigenvalue weighted by atomic mass is 33.1. The molecule has 2 aromatic heterocycles. The van der Waals surface area contributed by atoms with Crippen LogP contribution >= 0.6 is 44.7 Å². The second-order valence-electron chi connectivity index (χ2n) is 10.5. The van der Waals surface area contributed by atoms with Gasteiger partial charge >= 0.3 is 5.97 Å². The number of carbonyl (C=O) groups excluding carboxylic acids is 3. The average Bonchev–Trinajstić information content (AvgIpc) is 3.76. The number of hydrogen-bond donors (Lipinski definition) is 2. The van der Waals surface area contributed by atoms with E-state index in [1.165, 1.54) is 49.6 Å². The summed E-state index contributed by atoms with van der Waals surface area (Å²) in [5.74, 6) is -1.33. The van der Waals surface area contributed by atoms with Crippen LogP contribution in [0.25, 0.3) is 10.2 Å². The summed E-state index contributed by atoms with van der Waals surface area (Å²) >= 11 is 2.78. The van der Waals surface area contributed by atoms with Crippen molar-refractivity contribution in [3.05, 3.63) is 108 Å². The highest BCUT2D eigenvalue weighted by molar-refractivity contribution is 8.77. The molecule has 47 heavy (non-hydrogen) atoms. The van der Waals surface area contributed by atoms with Crippen LogP contribution in [0.3, 0.4) is 0 Å². The van der Waals surface area contributed by atoms with E-state index < -0.39 is 34.6 Å². The van der Waals surface area contributed by atoms with Crippen molar-refractivity contribution < 1.29 is 19.1 Å². The molecule has 6 rings (SSSR count). The molecule has 0 aliphatic carbocycles. The Hall–Kier alpha value is -4.18. The predicted octanol–water partition coefficient (Wildman–Crippen LogP) is 5.29. The third-order valence-corrected chi connectivity index (χ3v) is 12.4. The lowest BCUT2D eigenvalue weighted by molar-refractivity contribution is -0.163. The van der Waals surface area contributed by atoms with Crippen molar-refractivity contribution in [2.45, 2.75) is 52.2 Å². The summed E-state index contributed by atoms with van der Waals surface area (Å²) in [5.41, 5.74) is 2.93. The molecular weight excluding hydrogens is 675 g/mol. The molecule has 4 unspecified atom stereocenters. The number of para-hydroxylation sites is 1. The number of hydrogen-bond acceptors (Lipinski definition) is 12. The fourth-order valence-electron chi connectivity index (χ4n) is 4.89. The number of amides is 2. The van der Waals surface area contributed by atoms with Crippen molar-refractivity contribution in [2.24, 2.45) is 0 Å². The van der Waals surface area contributed by atoms with Gasteiger partial charge in [0.25, 0.3) is 0 Å². The summed E-state index contributed by atoms with van der Waals surface area (Å²) in [6.07, 6.45) is 0.112. The van der Waals surface area contributed by atoms with E-state index in [9.17, 15) is 14.4 Å². The van der Waals surface area contributed by atoms with Gasteiger partial charge in [-0.1, -0.05) is 102 Å². The van der Waals surface area contributed by atoms with Crippen molar-refractivity contribution in [3.8, 4) is 0 Å². The monoisotopic (exact) mass is 703 g/mol. The Morgan fingerprint density at radius 3 is 2.45 bits per heavy atom. The van der Waals surface area contributed by atoms with Crippen molar-refractivity contribution in [3.63, 3.8) is 0 Å². The molecule has 1 aliphatic heterocycles. The van der Waals surface area contributed by atoms with Crippen LogP contribution in [0.1, 0.15) is 18.1 Å². The summed E-state index contributed by atoms with van der Waals surface area (Å²) in [7, 11) is 2.75. The number of nitrogens with zero attached hydrogens (tertiary/aromatic N) is 5. The van der Waals surface area contributed by atoms with Gasteiger partial charge in [-0.2, -0.15) is 5.21 Å². The van der Waals surface area contributed by atoms with Gasteiger partial charge in [0.2, 0.25) is 17.0 Å². The van der Waals surface area contributed by atoms with Crippen LogP contribution in [0.15, 0.2) is 107 Å². The van der Waals surface area contributed by atoms with Crippen molar-refractivity contribution in [2.75, 3.05) is 0 Å². The summed E-state index contributed by atoms with van der Waals surface area (Å²) < 4.78 is 7.60. The van der Waals surface area contributed by atoms with E-state index in [-0.39, 0.29) is 18.9 Å². The van der Waals surface area contributed by atoms with Crippen LogP contribution < -0.4 is 5.32 Å². The summed E-state index contributed by atoms with van der Waals surface area (Å²) in [4.78, 5) is 47.2. The Morgan fingerprint density at radius 2 is 1.74 bits per heavy atom. The molecule has 0 spiro atoms. The first kappa shape index (κ1) is 32.7. The maximum absolute atomic E-state index is 14.0. The lowest BCUT2D eigenvalue weighted by Gasteiger charge is -2.49. The van der Waals surface area contributed by atoms with E-state index >= 15 is 0 Å². The Balaban J connectivity index is 1.26. The number of tetrazole rings is 1. The number of ether oxygens (including phenoxy) is 1. The minimum Gasteiger partial charge on any atom is -0.459 e. The number of likely N-dealkylation sites (tertiary alicyclic amines) is 1. The Kier molecular flexibility index (Phi) is 10.6. The molecule has 3 heterocycles. The molecule has 0 radical (unpaired) electrons. The lowest BCUT2D eigenvalue weighted by Crippen LogP contribution is -2.73. The molecule has 240 valence electrons. The van der Waals surface area contributed by atoms with E-state index in [2.05, 4.69) is 32.5 Å². The maximum Gasteiger partial charge on any atom is 0.333 e. The van der Waals surface area contributed by atoms with Crippen LogP contribution in [0.4, 0.5) is 0 Å². The third kappa shape index (κ3) is 7.87. The van der Waals surface area contributed by atoms with Gasteiger partial charge in [0, 0.05) is 5.25 Å². The Bertz CT molecular complexity index is 1820. The zero-order chi connectivity index (χ0) is 32.8. The smallest absolute Gasteiger partial charge is 0.333 e. The minimum atomic E-state index is -1.14. The van der Waals surface area contributed by atoms with Crippen molar-refractivity contribution in [1.82, 2.24) is 35.8 Å². The fourth-order valence-corrected chi connectivity index (χ4v) is 9.62. The van der Waals surface area contributed by atoms with Gasteiger partial charge in [-0.25, -0.2) is 9.78 Å². The zero-order valence-corrected chi connectivity index (χ0v) is 28.3. The first-order valence-corrected chi connectivity index (χ1v) is 18.4. The highest BCUT2D eigenvalue weighted by Crippen LogP contribution is 2.46. The number of aromatic nitrogens is 5. The molecule has 1 fully saturated rings. The molecule has 2 amide bonds. The first-order chi connectivity index (χ1) is 22.9. The number of carbonyl (C=O) groups is 3.